The van der Waals surface area contributed by atoms with Gasteiger partial charge in [0.2, 0.25) is 0 Å². The summed E-state index contributed by atoms with van der Waals surface area (Å²) in [7, 11) is 0. The Hall–Kier alpha value is -1.38. The van der Waals surface area contributed by atoms with Crippen molar-refractivity contribution in [3.8, 4) is 0 Å². The molecule has 0 aromatic heterocycles. The largest absolute Gasteiger partial charge is 0.403 e. The maximum absolute atomic E-state index is 5.28. The highest BCUT2D eigenvalue weighted by molar-refractivity contribution is 5.94. The van der Waals surface area contributed by atoms with Gasteiger partial charge in [0.25, 0.3) is 0 Å². The number of nitrogens with two attached hydrogens (primary N) is 1. The second kappa shape index (κ2) is 6.99. The molecule has 0 heterocycles. The van der Waals surface area contributed by atoms with Crippen LogP contribution in [0.5, 0.6) is 0 Å². The summed E-state index contributed by atoms with van der Waals surface area (Å²) in [5.74, 6) is 0. The lowest BCUT2D eigenvalue weighted by Crippen LogP contribution is -1.90. The molecule has 86 valence electrons. The molecule has 2 rings (SSSR count). The van der Waals surface area contributed by atoms with Crippen molar-refractivity contribution in [3.05, 3.63) is 54.9 Å². The molecular weight excluding hydrogens is 243 g/mol. The third-order valence-corrected chi connectivity index (χ3v) is 2.12. The second-order valence-corrected chi connectivity index (χ2v) is 3.03. The van der Waals surface area contributed by atoms with Gasteiger partial charge in [-0.25, -0.2) is 0 Å². The summed E-state index contributed by atoms with van der Waals surface area (Å²) in [5, 5.41) is 5.56. The van der Waals surface area contributed by atoms with Crippen molar-refractivity contribution in [3.63, 3.8) is 0 Å². The second-order valence-electron chi connectivity index (χ2n) is 3.03. The fourth-order valence-electron chi connectivity index (χ4n) is 1.49. The van der Waals surface area contributed by atoms with Gasteiger partial charge in [-0.2, -0.15) is 0 Å². The predicted octanol–water partition coefficient (Wildman–Crippen LogP) is 3.53. The quantitative estimate of drug-likeness (QED) is 0.863. The Labute approximate surface area is 107 Å². The SMILES string of the molecule is Cl.Cl.NC=CNc1cccc2ccccc12. The molecule has 0 unspecified atom stereocenters. The van der Waals surface area contributed by atoms with E-state index in [-0.39, 0.29) is 24.8 Å². The molecule has 0 saturated carbocycles. The van der Waals surface area contributed by atoms with Crippen LogP contribution >= 0.6 is 24.8 Å². The molecular formula is C12H14Cl2N2. The Kier molecular flexibility index (Phi) is 6.38. The van der Waals surface area contributed by atoms with Crippen molar-refractivity contribution in [1.82, 2.24) is 0 Å². The Morgan fingerprint density at radius 2 is 1.62 bits per heavy atom. The van der Waals surface area contributed by atoms with Crippen LogP contribution in [0.1, 0.15) is 0 Å². The highest BCUT2D eigenvalue weighted by Crippen LogP contribution is 2.22. The zero-order valence-corrected chi connectivity index (χ0v) is 10.2. The van der Waals surface area contributed by atoms with Crippen molar-refractivity contribution in [2.45, 2.75) is 0 Å². The van der Waals surface area contributed by atoms with Crippen LogP contribution in [0, 0.1) is 0 Å². The third-order valence-electron chi connectivity index (χ3n) is 2.12. The van der Waals surface area contributed by atoms with Crippen LogP contribution in [-0.4, -0.2) is 0 Å². The zero-order chi connectivity index (χ0) is 9.80. The van der Waals surface area contributed by atoms with E-state index in [1.807, 2.05) is 24.3 Å². The molecule has 0 spiro atoms. The van der Waals surface area contributed by atoms with Gasteiger partial charge >= 0.3 is 0 Å². The molecule has 3 N–H and O–H groups in total. The van der Waals surface area contributed by atoms with E-state index in [4.69, 9.17) is 5.73 Å². The predicted molar refractivity (Wildman–Crippen MR) is 75.4 cm³/mol. The van der Waals surface area contributed by atoms with Gasteiger partial charge in [-0.05, 0) is 11.5 Å². The van der Waals surface area contributed by atoms with E-state index in [1.165, 1.54) is 17.0 Å². The first-order chi connectivity index (χ1) is 6.92. The molecule has 0 aliphatic heterocycles. The highest BCUT2D eigenvalue weighted by atomic mass is 35.5. The normalized spacial score (nSPS) is 9.50. The van der Waals surface area contributed by atoms with Gasteiger partial charge in [-0.3, -0.25) is 0 Å². The monoisotopic (exact) mass is 256 g/mol. The number of anilines is 1. The van der Waals surface area contributed by atoms with Gasteiger partial charge in [-0.1, -0.05) is 36.4 Å². The van der Waals surface area contributed by atoms with Crippen LogP contribution in [0.2, 0.25) is 0 Å². The first-order valence-corrected chi connectivity index (χ1v) is 4.53. The molecule has 0 fully saturated rings. The fourth-order valence-corrected chi connectivity index (χ4v) is 1.49. The lowest BCUT2D eigenvalue weighted by atomic mass is 10.1. The van der Waals surface area contributed by atoms with Crippen LogP contribution in [0.3, 0.4) is 0 Å². The molecule has 16 heavy (non-hydrogen) atoms. The fraction of sp³-hybridized carbons (Fsp3) is 0. The number of nitrogens with one attached hydrogen (secondary N) is 1. The average molecular weight is 257 g/mol. The van der Waals surface area contributed by atoms with E-state index < -0.39 is 0 Å². The standard InChI is InChI=1S/C12H12N2.2ClH/c13-8-9-14-12-7-3-5-10-4-1-2-6-11(10)12;;/h1-9,14H,13H2;2*1H. The number of hydrogen-bond donors (Lipinski definition) is 2. The number of benzene rings is 2. The topological polar surface area (TPSA) is 38.0 Å². The van der Waals surface area contributed by atoms with Gasteiger partial charge in [-0.15, -0.1) is 24.8 Å². The van der Waals surface area contributed by atoms with Crippen LogP contribution in [-0.2, 0) is 0 Å². The summed E-state index contributed by atoms with van der Waals surface area (Å²) in [6.45, 7) is 0. The molecule has 0 bridgehead atoms. The van der Waals surface area contributed by atoms with Crippen molar-refractivity contribution < 1.29 is 0 Å². The van der Waals surface area contributed by atoms with E-state index in [9.17, 15) is 0 Å². The molecule has 0 amide bonds. The van der Waals surface area contributed by atoms with E-state index in [1.54, 1.807) is 6.20 Å². The number of fused-ring (bicyclic) bond motifs is 1. The smallest absolute Gasteiger partial charge is 0.0459 e. The van der Waals surface area contributed by atoms with Gasteiger partial charge in [0, 0.05) is 23.5 Å². The lowest BCUT2D eigenvalue weighted by molar-refractivity contribution is 1.53. The van der Waals surface area contributed by atoms with Gasteiger partial charge < -0.3 is 11.1 Å². The first-order valence-electron chi connectivity index (χ1n) is 4.53. The van der Waals surface area contributed by atoms with Crippen molar-refractivity contribution in [2.75, 3.05) is 5.32 Å². The van der Waals surface area contributed by atoms with E-state index in [0.717, 1.165) is 5.69 Å². The molecule has 2 nitrogen and oxygen atoms in total. The Bertz CT molecular complexity index is 464. The molecule has 0 atom stereocenters. The van der Waals surface area contributed by atoms with Crippen molar-refractivity contribution in [2.24, 2.45) is 5.73 Å². The van der Waals surface area contributed by atoms with Crippen LogP contribution in [0.4, 0.5) is 5.69 Å². The van der Waals surface area contributed by atoms with E-state index >= 15 is 0 Å². The number of halogens is 2. The maximum atomic E-state index is 5.28. The number of hydrogen-bond acceptors (Lipinski definition) is 2. The highest BCUT2D eigenvalue weighted by Gasteiger charge is 1.96. The molecule has 0 aliphatic rings. The van der Waals surface area contributed by atoms with Crippen molar-refractivity contribution >= 4 is 41.3 Å². The minimum absolute atomic E-state index is 0. The zero-order valence-electron chi connectivity index (χ0n) is 8.59. The molecule has 0 saturated heterocycles. The number of rotatable bonds is 2. The van der Waals surface area contributed by atoms with Gasteiger partial charge in [0.1, 0.15) is 0 Å². The Morgan fingerprint density at radius 1 is 0.938 bits per heavy atom. The van der Waals surface area contributed by atoms with E-state index in [0.29, 0.717) is 0 Å². The molecule has 0 aliphatic carbocycles. The van der Waals surface area contributed by atoms with Crippen LogP contribution in [0.15, 0.2) is 54.9 Å². The molecule has 2 aromatic carbocycles. The minimum atomic E-state index is 0. The first kappa shape index (κ1) is 14.6. The summed E-state index contributed by atoms with van der Waals surface area (Å²) in [4.78, 5) is 0. The summed E-state index contributed by atoms with van der Waals surface area (Å²) in [6.07, 6.45) is 3.21. The Balaban J connectivity index is 0.00000112. The summed E-state index contributed by atoms with van der Waals surface area (Å²) < 4.78 is 0. The summed E-state index contributed by atoms with van der Waals surface area (Å²) >= 11 is 0. The molecule has 2 aromatic rings. The minimum Gasteiger partial charge on any atom is -0.403 e. The average Bonchev–Trinajstić information content (AvgIpc) is 2.26. The molecule has 0 radical (unpaired) electrons. The van der Waals surface area contributed by atoms with Crippen LogP contribution < -0.4 is 11.1 Å². The molecule has 4 heteroatoms. The van der Waals surface area contributed by atoms with Crippen LogP contribution in [0.25, 0.3) is 10.8 Å². The maximum Gasteiger partial charge on any atom is 0.0459 e. The summed E-state index contributed by atoms with van der Waals surface area (Å²) in [5.41, 5.74) is 6.35. The third kappa shape index (κ3) is 3.05. The Morgan fingerprint density at radius 3 is 2.38 bits per heavy atom. The van der Waals surface area contributed by atoms with Crippen molar-refractivity contribution in [1.29, 1.82) is 0 Å². The van der Waals surface area contributed by atoms with E-state index in [2.05, 4.69) is 23.5 Å². The van der Waals surface area contributed by atoms with Gasteiger partial charge in [0.05, 0.1) is 0 Å². The summed E-state index contributed by atoms with van der Waals surface area (Å²) in [6, 6.07) is 14.4. The lowest BCUT2D eigenvalue weighted by Gasteiger charge is -2.05. The van der Waals surface area contributed by atoms with Gasteiger partial charge in [0.15, 0.2) is 0 Å².